The van der Waals surface area contributed by atoms with Crippen molar-refractivity contribution in [2.75, 3.05) is 56.0 Å². The molecule has 2 aliphatic rings. The Balaban J connectivity index is 1.46. The zero-order chi connectivity index (χ0) is 19.1. The van der Waals surface area contributed by atoms with Gasteiger partial charge in [-0.1, -0.05) is 6.92 Å². The Morgan fingerprint density at radius 2 is 1.81 bits per heavy atom. The van der Waals surface area contributed by atoms with Gasteiger partial charge in [0.05, 0.1) is 18.4 Å². The molecule has 1 N–H and O–H groups in total. The molecule has 3 rings (SSSR count). The van der Waals surface area contributed by atoms with Crippen LogP contribution in [0.25, 0.3) is 0 Å². The van der Waals surface area contributed by atoms with Crippen molar-refractivity contribution < 1.29 is 9.59 Å². The molecule has 0 spiro atoms. The molecular weight excluding hydrogens is 342 g/mol. The molecule has 0 aliphatic carbocycles. The Bertz CT molecular complexity index is 628. The molecule has 0 atom stereocenters. The van der Waals surface area contributed by atoms with Gasteiger partial charge in [-0.15, -0.1) is 0 Å². The van der Waals surface area contributed by atoms with Crippen molar-refractivity contribution in [1.82, 2.24) is 14.8 Å². The van der Waals surface area contributed by atoms with E-state index < -0.39 is 0 Å². The predicted molar refractivity (Wildman–Crippen MR) is 107 cm³/mol. The van der Waals surface area contributed by atoms with Crippen LogP contribution in [0.1, 0.15) is 39.0 Å². The summed E-state index contributed by atoms with van der Waals surface area (Å²) in [7, 11) is 0. The first-order chi connectivity index (χ1) is 13.2. The molecule has 7 heteroatoms. The molecule has 2 fully saturated rings. The maximum Gasteiger partial charge on any atom is 0.238 e. The molecule has 1 aromatic rings. The van der Waals surface area contributed by atoms with Crippen molar-refractivity contribution in [3.05, 3.63) is 18.3 Å². The van der Waals surface area contributed by atoms with E-state index in [0.717, 1.165) is 50.6 Å². The summed E-state index contributed by atoms with van der Waals surface area (Å²) >= 11 is 0. The fraction of sp³-hybridized carbons (Fsp3) is 0.650. The molecule has 27 heavy (non-hydrogen) atoms. The molecule has 7 nitrogen and oxygen atoms in total. The number of amides is 2. The van der Waals surface area contributed by atoms with E-state index in [2.05, 4.69) is 20.1 Å². The summed E-state index contributed by atoms with van der Waals surface area (Å²) < 4.78 is 0. The Morgan fingerprint density at radius 1 is 1.00 bits per heavy atom. The summed E-state index contributed by atoms with van der Waals surface area (Å²) in [4.78, 5) is 35.1. The minimum atomic E-state index is -0.0298. The SMILES string of the molecule is CCC(=O)N1CCCN(CC(=O)Nc2ccc(N3CCCCC3)nc2)CC1. The highest BCUT2D eigenvalue weighted by atomic mass is 16.2. The van der Waals surface area contributed by atoms with Crippen molar-refractivity contribution in [2.24, 2.45) is 0 Å². The predicted octanol–water partition coefficient (Wildman–Crippen LogP) is 1.95. The molecule has 0 saturated carbocycles. The summed E-state index contributed by atoms with van der Waals surface area (Å²) in [5, 5.41) is 2.94. The number of nitrogens with zero attached hydrogens (tertiary/aromatic N) is 4. The zero-order valence-corrected chi connectivity index (χ0v) is 16.3. The summed E-state index contributed by atoms with van der Waals surface area (Å²) in [6.45, 7) is 7.43. The second-order valence-electron chi connectivity index (χ2n) is 7.36. The highest BCUT2D eigenvalue weighted by Gasteiger charge is 2.19. The smallest absolute Gasteiger partial charge is 0.238 e. The highest BCUT2D eigenvalue weighted by molar-refractivity contribution is 5.92. The molecular formula is C20H31N5O2. The van der Waals surface area contributed by atoms with E-state index in [1.54, 1.807) is 6.20 Å². The maximum absolute atomic E-state index is 12.4. The molecule has 0 unspecified atom stereocenters. The van der Waals surface area contributed by atoms with Crippen LogP contribution in [0.5, 0.6) is 0 Å². The lowest BCUT2D eigenvalue weighted by Gasteiger charge is -2.27. The maximum atomic E-state index is 12.4. The first-order valence-electron chi connectivity index (χ1n) is 10.2. The average molecular weight is 374 g/mol. The van der Waals surface area contributed by atoms with Crippen molar-refractivity contribution in [1.29, 1.82) is 0 Å². The number of anilines is 2. The number of carbonyl (C=O) groups is 2. The molecule has 1 aromatic heterocycles. The minimum Gasteiger partial charge on any atom is -0.357 e. The Kier molecular flexibility index (Phi) is 7.04. The van der Waals surface area contributed by atoms with E-state index >= 15 is 0 Å². The van der Waals surface area contributed by atoms with Crippen LogP contribution in [0.3, 0.4) is 0 Å². The van der Waals surface area contributed by atoms with Gasteiger partial charge in [-0.25, -0.2) is 4.98 Å². The van der Waals surface area contributed by atoms with E-state index in [1.807, 2.05) is 24.0 Å². The van der Waals surface area contributed by atoms with Crippen molar-refractivity contribution >= 4 is 23.3 Å². The standard InChI is InChI=1S/C20H31N5O2/c1-2-20(27)25-12-6-9-23(13-14-25)16-19(26)22-17-7-8-18(21-15-17)24-10-4-3-5-11-24/h7-8,15H,2-6,9-14,16H2,1H3,(H,22,26). The number of hydrogen-bond donors (Lipinski definition) is 1. The molecule has 2 saturated heterocycles. The molecule has 3 heterocycles. The molecule has 0 radical (unpaired) electrons. The fourth-order valence-electron chi connectivity index (χ4n) is 3.78. The number of nitrogens with one attached hydrogen (secondary N) is 1. The number of piperidine rings is 1. The van der Waals surface area contributed by atoms with Crippen molar-refractivity contribution in [3.8, 4) is 0 Å². The van der Waals surface area contributed by atoms with E-state index in [9.17, 15) is 9.59 Å². The van der Waals surface area contributed by atoms with Crippen LogP contribution in [-0.4, -0.2) is 72.4 Å². The van der Waals surface area contributed by atoms with E-state index in [1.165, 1.54) is 19.3 Å². The summed E-state index contributed by atoms with van der Waals surface area (Å²) in [5.74, 6) is 1.15. The van der Waals surface area contributed by atoms with E-state index in [0.29, 0.717) is 19.5 Å². The lowest BCUT2D eigenvalue weighted by molar-refractivity contribution is -0.130. The van der Waals surface area contributed by atoms with Crippen LogP contribution in [-0.2, 0) is 9.59 Å². The molecule has 0 bridgehead atoms. The van der Waals surface area contributed by atoms with Gasteiger partial charge in [0.15, 0.2) is 0 Å². The third-order valence-electron chi connectivity index (χ3n) is 5.32. The van der Waals surface area contributed by atoms with Gasteiger partial charge in [-0.2, -0.15) is 0 Å². The molecule has 148 valence electrons. The molecule has 2 aliphatic heterocycles. The highest BCUT2D eigenvalue weighted by Crippen LogP contribution is 2.19. The minimum absolute atomic E-state index is 0.0298. The van der Waals surface area contributed by atoms with E-state index in [4.69, 9.17) is 0 Å². The topological polar surface area (TPSA) is 68.8 Å². The first kappa shape index (κ1) is 19.6. The lowest BCUT2D eigenvalue weighted by Crippen LogP contribution is -2.37. The third kappa shape index (κ3) is 5.66. The largest absolute Gasteiger partial charge is 0.357 e. The van der Waals surface area contributed by atoms with Gasteiger partial charge in [-0.05, 0) is 37.8 Å². The van der Waals surface area contributed by atoms with Crippen LogP contribution in [0.4, 0.5) is 11.5 Å². The van der Waals surface area contributed by atoms with Gasteiger partial charge >= 0.3 is 0 Å². The number of carbonyl (C=O) groups excluding carboxylic acids is 2. The van der Waals surface area contributed by atoms with Gasteiger partial charge in [0, 0.05) is 45.7 Å². The van der Waals surface area contributed by atoms with Crippen molar-refractivity contribution in [2.45, 2.75) is 39.0 Å². The summed E-state index contributed by atoms with van der Waals surface area (Å²) in [6.07, 6.45) is 6.93. The van der Waals surface area contributed by atoms with Gasteiger partial charge in [-0.3, -0.25) is 14.5 Å². The Hall–Kier alpha value is -2.15. The summed E-state index contributed by atoms with van der Waals surface area (Å²) in [6, 6.07) is 3.92. The number of pyridine rings is 1. The van der Waals surface area contributed by atoms with E-state index in [-0.39, 0.29) is 11.8 Å². The second kappa shape index (κ2) is 9.69. The van der Waals surface area contributed by atoms with Gasteiger partial charge in [0.25, 0.3) is 0 Å². The Labute approximate surface area is 161 Å². The monoisotopic (exact) mass is 373 g/mol. The van der Waals surface area contributed by atoms with Crippen LogP contribution in [0, 0.1) is 0 Å². The molecule has 0 aromatic carbocycles. The number of hydrogen-bond acceptors (Lipinski definition) is 5. The summed E-state index contributed by atoms with van der Waals surface area (Å²) in [5.41, 5.74) is 0.735. The second-order valence-corrected chi connectivity index (χ2v) is 7.36. The average Bonchev–Trinajstić information content (AvgIpc) is 2.94. The number of rotatable bonds is 5. The van der Waals surface area contributed by atoms with Crippen LogP contribution >= 0.6 is 0 Å². The van der Waals surface area contributed by atoms with Crippen LogP contribution in [0.15, 0.2) is 18.3 Å². The molecule has 2 amide bonds. The van der Waals surface area contributed by atoms with Crippen molar-refractivity contribution in [3.63, 3.8) is 0 Å². The lowest BCUT2D eigenvalue weighted by atomic mass is 10.1. The van der Waals surface area contributed by atoms with Crippen LogP contribution in [0.2, 0.25) is 0 Å². The quantitative estimate of drug-likeness (QED) is 0.854. The third-order valence-corrected chi connectivity index (χ3v) is 5.32. The van der Waals surface area contributed by atoms with Crippen LogP contribution < -0.4 is 10.2 Å². The zero-order valence-electron chi connectivity index (χ0n) is 16.3. The number of aromatic nitrogens is 1. The first-order valence-corrected chi connectivity index (χ1v) is 10.2. The Morgan fingerprint density at radius 3 is 2.52 bits per heavy atom. The van der Waals surface area contributed by atoms with Gasteiger partial charge in [0.2, 0.25) is 11.8 Å². The normalized spacial score (nSPS) is 18.9. The fourth-order valence-corrected chi connectivity index (χ4v) is 3.78. The van der Waals surface area contributed by atoms with Gasteiger partial charge in [0.1, 0.15) is 5.82 Å². The van der Waals surface area contributed by atoms with Gasteiger partial charge < -0.3 is 15.1 Å².